The summed E-state index contributed by atoms with van der Waals surface area (Å²) in [5.74, 6) is 0. The summed E-state index contributed by atoms with van der Waals surface area (Å²) >= 11 is 0. The van der Waals surface area contributed by atoms with E-state index < -0.39 is 0 Å². The molecule has 0 amide bonds. The molecule has 0 aliphatic rings. The Balaban J connectivity index is 2.87. The molecule has 0 aliphatic carbocycles. The highest BCUT2D eigenvalue weighted by Gasteiger charge is 1.91. The van der Waals surface area contributed by atoms with Crippen LogP contribution >= 0.6 is 0 Å². The number of rotatable bonds is 2. The van der Waals surface area contributed by atoms with Crippen LogP contribution in [0.5, 0.6) is 0 Å². The lowest BCUT2D eigenvalue weighted by molar-refractivity contribution is 0.933. The standard InChI is InChI=1S/C8H12N2/c1-2-7-4-3-5-8(6-9)10-7/h3-5H,2,6,9H2,1H3. The fourth-order valence-electron chi connectivity index (χ4n) is 0.840. The van der Waals surface area contributed by atoms with Crippen LogP contribution in [0.15, 0.2) is 18.2 Å². The van der Waals surface area contributed by atoms with Crippen molar-refractivity contribution in [1.82, 2.24) is 4.98 Å². The molecule has 0 fully saturated rings. The van der Waals surface area contributed by atoms with E-state index in [0.29, 0.717) is 6.54 Å². The van der Waals surface area contributed by atoms with Crippen LogP contribution in [0.1, 0.15) is 18.3 Å². The monoisotopic (exact) mass is 136 g/mol. The van der Waals surface area contributed by atoms with Gasteiger partial charge in [-0.3, -0.25) is 4.98 Å². The van der Waals surface area contributed by atoms with Gasteiger partial charge in [0.15, 0.2) is 0 Å². The zero-order chi connectivity index (χ0) is 7.40. The molecule has 0 radical (unpaired) electrons. The van der Waals surface area contributed by atoms with Gasteiger partial charge in [-0.2, -0.15) is 0 Å². The summed E-state index contributed by atoms with van der Waals surface area (Å²) < 4.78 is 0. The Bertz CT molecular complexity index is 189. The number of nitrogens with zero attached hydrogens (tertiary/aromatic N) is 1. The minimum atomic E-state index is 0.536. The molecule has 0 bridgehead atoms. The Morgan fingerprint density at radius 2 is 2.10 bits per heavy atom. The third-order valence-electron chi connectivity index (χ3n) is 1.44. The minimum Gasteiger partial charge on any atom is -0.325 e. The number of pyridine rings is 1. The molecule has 2 N–H and O–H groups in total. The minimum absolute atomic E-state index is 0.536. The molecule has 0 saturated carbocycles. The molecule has 1 rings (SSSR count). The topological polar surface area (TPSA) is 38.9 Å². The maximum Gasteiger partial charge on any atom is 0.0542 e. The van der Waals surface area contributed by atoms with Crippen molar-refractivity contribution in [2.45, 2.75) is 19.9 Å². The van der Waals surface area contributed by atoms with Crippen LogP contribution in [0.25, 0.3) is 0 Å². The third kappa shape index (κ3) is 1.54. The number of hydrogen-bond acceptors (Lipinski definition) is 2. The van der Waals surface area contributed by atoms with Crippen molar-refractivity contribution in [3.63, 3.8) is 0 Å². The second-order valence-corrected chi connectivity index (χ2v) is 2.18. The van der Waals surface area contributed by atoms with Gasteiger partial charge in [-0.15, -0.1) is 0 Å². The molecule has 1 heterocycles. The van der Waals surface area contributed by atoms with Crippen LogP contribution in [-0.4, -0.2) is 4.98 Å². The summed E-state index contributed by atoms with van der Waals surface area (Å²) in [5, 5.41) is 0. The van der Waals surface area contributed by atoms with Gasteiger partial charge in [-0.05, 0) is 18.6 Å². The Hall–Kier alpha value is -0.890. The lowest BCUT2D eigenvalue weighted by Gasteiger charge is -1.97. The van der Waals surface area contributed by atoms with E-state index >= 15 is 0 Å². The molecule has 10 heavy (non-hydrogen) atoms. The normalized spacial score (nSPS) is 9.80. The molecular weight excluding hydrogens is 124 g/mol. The van der Waals surface area contributed by atoms with Crippen LogP contribution in [0.4, 0.5) is 0 Å². The molecule has 0 spiro atoms. The summed E-state index contributed by atoms with van der Waals surface area (Å²) in [5.41, 5.74) is 7.50. The summed E-state index contributed by atoms with van der Waals surface area (Å²) in [6, 6.07) is 5.95. The van der Waals surface area contributed by atoms with Gasteiger partial charge in [0, 0.05) is 12.2 Å². The molecule has 0 aliphatic heterocycles. The van der Waals surface area contributed by atoms with Crippen molar-refractivity contribution in [3.05, 3.63) is 29.6 Å². The highest BCUT2D eigenvalue weighted by atomic mass is 14.7. The van der Waals surface area contributed by atoms with Crippen molar-refractivity contribution in [1.29, 1.82) is 0 Å². The Morgan fingerprint density at radius 1 is 1.40 bits per heavy atom. The van der Waals surface area contributed by atoms with Crippen LogP contribution in [0, 0.1) is 0 Å². The van der Waals surface area contributed by atoms with Crippen molar-refractivity contribution < 1.29 is 0 Å². The van der Waals surface area contributed by atoms with Gasteiger partial charge < -0.3 is 5.73 Å². The smallest absolute Gasteiger partial charge is 0.0542 e. The zero-order valence-electron chi connectivity index (χ0n) is 6.17. The maximum absolute atomic E-state index is 5.41. The average molecular weight is 136 g/mol. The largest absolute Gasteiger partial charge is 0.325 e. The van der Waals surface area contributed by atoms with Gasteiger partial charge in [-0.1, -0.05) is 13.0 Å². The molecule has 0 atom stereocenters. The number of nitrogens with two attached hydrogens (primary N) is 1. The second kappa shape index (κ2) is 3.32. The summed E-state index contributed by atoms with van der Waals surface area (Å²) in [7, 11) is 0. The van der Waals surface area contributed by atoms with Gasteiger partial charge in [0.05, 0.1) is 5.69 Å². The SMILES string of the molecule is CCc1cccc(CN)n1. The van der Waals surface area contributed by atoms with E-state index in [1.165, 1.54) is 0 Å². The maximum atomic E-state index is 5.41. The summed E-state index contributed by atoms with van der Waals surface area (Å²) in [6.07, 6.45) is 0.980. The molecule has 2 nitrogen and oxygen atoms in total. The fraction of sp³-hybridized carbons (Fsp3) is 0.375. The van der Waals surface area contributed by atoms with Crippen LogP contribution in [0.3, 0.4) is 0 Å². The van der Waals surface area contributed by atoms with Crippen molar-refractivity contribution in [2.24, 2.45) is 5.73 Å². The molecule has 54 valence electrons. The molecule has 0 unspecified atom stereocenters. The Kier molecular flexibility index (Phi) is 2.40. The predicted molar refractivity (Wildman–Crippen MR) is 41.5 cm³/mol. The van der Waals surface area contributed by atoms with E-state index in [1.807, 2.05) is 18.2 Å². The summed E-state index contributed by atoms with van der Waals surface area (Å²) in [6.45, 7) is 2.62. The molecule has 0 saturated heterocycles. The van der Waals surface area contributed by atoms with Gasteiger partial charge >= 0.3 is 0 Å². The van der Waals surface area contributed by atoms with E-state index in [2.05, 4.69) is 11.9 Å². The lowest BCUT2D eigenvalue weighted by Crippen LogP contribution is -2.00. The number of aryl methyl sites for hydroxylation is 1. The first-order valence-corrected chi connectivity index (χ1v) is 3.51. The van der Waals surface area contributed by atoms with E-state index in [-0.39, 0.29) is 0 Å². The highest BCUT2D eigenvalue weighted by molar-refractivity contribution is 5.10. The Labute approximate surface area is 61.1 Å². The molecule has 1 aromatic rings. The molecular formula is C8H12N2. The first-order chi connectivity index (χ1) is 4.86. The molecule has 0 aromatic carbocycles. The van der Waals surface area contributed by atoms with Crippen LogP contribution in [0.2, 0.25) is 0 Å². The molecule has 2 heteroatoms. The van der Waals surface area contributed by atoms with Crippen LogP contribution < -0.4 is 5.73 Å². The van der Waals surface area contributed by atoms with Gasteiger partial charge in [0.25, 0.3) is 0 Å². The van der Waals surface area contributed by atoms with Crippen molar-refractivity contribution in [3.8, 4) is 0 Å². The number of aromatic nitrogens is 1. The fourth-order valence-corrected chi connectivity index (χ4v) is 0.840. The van der Waals surface area contributed by atoms with Gasteiger partial charge in [-0.25, -0.2) is 0 Å². The first-order valence-electron chi connectivity index (χ1n) is 3.51. The highest BCUT2D eigenvalue weighted by Crippen LogP contribution is 1.98. The van der Waals surface area contributed by atoms with E-state index in [0.717, 1.165) is 17.8 Å². The zero-order valence-corrected chi connectivity index (χ0v) is 6.17. The van der Waals surface area contributed by atoms with Crippen molar-refractivity contribution in [2.75, 3.05) is 0 Å². The predicted octanol–water partition coefficient (Wildman–Crippen LogP) is 1.10. The number of hydrogen-bond donors (Lipinski definition) is 1. The average Bonchev–Trinajstić information content (AvgIpc) is 2.05. The van der Waals surface area contributed by atoms with E-state index in [1.54, 1.807) is 0 Å². The Morgan fingerprint density at radius 3 is 2.70 bits per heavy atom. The third-order valence-corrected chi connectivity index (χ3v) is 1.44. The summed E-state index contributed by atoms with van der Waals surface area (Å²) in [4.78, 5) is 4.28. The van der Waals surface area contributed by atoms with E-state index in [4.69, 9.17) is 5.73 Å². The quantitative estimate of drug-likeness (QED) is 0.661. The van der Waals surface area contributed by atoms with Gasteiger partial charge in [0.2, 0.25) is 0 Å². The van der Waals surface area contributed by atoms with E-state index in [9.17, 15) is 0 Å². The second-order valence-electron chi connectivity index (χ2n) is 2.18. The molecule has 1 aromatic heterocycles. The lowest BCUT2D eigenvalue weighted by atomic mass is 10.2. The van der Waals surface area contributed by atoms with Crippen molar-refractivity contribution >= 4 is 0 Å². The van der Waals surface area contributed by atoms with Gasteiger partial charge in [0.1, 0.15) is 0 Å². The first kappa shape index (κ1) is 7.22. The van der Waals surface area contributed by atoms with Crippen LogP contribution in [-0.2, 0) is 13.0 Å².